The highest BCUT2D eigenvalue weighted by Crippen LogP contribution is 2.43. The number of rotatable bonds is 4. The number of benzene rings is 1. The van der Waals surface area contributed by atoms with Crippen molar-refractivity contribution in [3.8, 4) is 0 Å². The van der Waals surface area contributed by atoms with Crippen LogP contribution in [0.4, 0.5) is 0 Å². The van der Waals surface area contributed by atoms with Crippen molar-refractivity contribution in [2.75, 3.05) is 32.7 Å². The lowest BCUT2D eigenvalue weighted by molar-refractivity contribution is 0.108. The van der Waals surface area contributed by atoms with Crippen LogP contribution in [0, 0.1) is 17.8 Å². The summed E-state index contributed by atoms with van der Waals surface area (Å²) in [5.74, 6) is 2.72. The quantitative estimate of drug-likeness (QED) is 0.782. The van der Waals surface area contributed by atoms with Crippen LogP contribution in [0.25, 0.3) is 0 Å². The average Bonchev–Trinajstić information content (AvgIpc) is 3.14. The van der Waals surface area contributed by atoms with Crippen LogP contribution in [0.3, 0.4) is 0 Å². The van der Waals surface area contributed by atoms with E-state index >= 15 is 0 Å². The van der Waals surface area contributed by atoms with E-state index in [1.165, 1.54) is 51.1 Å². The van der Waals surface area contributed by atoms with Crippen LogP contribution in [-0.2, 0) is 6.54 Å². The van der Waals surface area contributed by atoms with Crippen molar-refractivity contribution in [3.63, 3.8) is 0 Å². The summed E-state index contributed by atoms with van der Waals surface area (Å²) in [6.45, 7) is 7.22. The van der Waals surface area contributed by atoms with Gasteiger partial charge >= 0.3 is 0 Å². The Morgan fingerprint density at radius 1 is 0.909 bits per heavy atom. The Bertz CT molecular complexity index is 531. The molecule has 0 aromatic heterocycles. The van der Waals surface area contributed by atoms with Crippen molar-refractivity contribution in [2.45, 2.75) is 19.4 Å². The molecular weight excluding hydrogens is 292 g/mol. The average molecular weight is 317 g/mol. The molecule has 0 radical (unpaired) electrons. The number of fused-ring (bicyclic) bond motifs is 2. The van der Waals surface area contributed by atoms with Crippen LogP contribution in [0.2, 0.25) is 5.02 Å². The van der Waals surface area contributed by atoms with Gasteiger partial charge in [0.2, 0.25) is 0 Å². The lowest BCUT2D eigenvalue weighted by Crippen LogP contribution is -2.47. The zero-order chi connectivity index (χ0) is 14.9. The van der Waals surface area contributed by atoms with Gasteiger partial charge in [0.25, 0.3) is 0 Å². The monoisotopic (exact) mass is 316 g/mol. The Balaban J connectivity index is 1.24. The normalized spacial score (nSPS) is 32.0. The predicted octanol–water partition coefficient (Wildman–Crippen LogP) is 3.67. The Morgan fingerprint density at radius 3 is 2.27 bits per heavy atom. The molecule has 3 unspecified atom stereocenters. The second-order valence-electron chi connectivity index (χ2n) is 7.24. The molecule has 3 atom stereocenters. The largest absolute Gasteiger partial charge is 0.300 e. The van der Waals surface area contributed by atoms with Crippen LogP contribution in [0.15, 0.2) is 36.4 Å². The van der Waals surface area contributed by atoms with E-state index in [0.717, 1.165) is 29.3 Å². The molecule has 2 aliphatic carbocycles. The molecule has 0 N–H and O–H groups in total. The number of halogens is 1. The van der Waals surface area contributed by atoms with Crippen LogP contribution in [0.5, 0.6) is 0 Å². The van der Waals surface area contributed by atoms with Gasteiger partial charge in [-0.25, -0.2) is 0 Å². The molecule has 3 heteroatoms. The van der Waals surface area contributed by atoms with Crippen molar-refractivity contribution >= 4 is 11.6 Å². The first kappa shape index (κ1) is 14.7. The van der Waals surface area contributed by atoms with Crippen molar-refractivity contribution < 1.29 is 0 Å². The first-order valence-corrected chi connectivity index (χ1v) is 9.01. The first-order chi connectivity index (χ1) is 10.8. The summed E-state index contributed by atoms with van der Waals surface area (Å²) in [4.78, 5) is 5.26. The zero-order valence-corrected chi connectivity index (χ0v) is 13.9. The minimum absolute atomic E-state index is 0.827. The van der Waals surface area contributed by atoms with Crippen LogP contribution in [-0.4, -0.2) is 42.5 Å². The fourth-order valence-corrected chi connectivity index (χ4v) is 4.54. The van der Waals surface area contributed by atoms with Gasteiger partial charge in [0.15, 0.2) is 0 Å². The summed E-state index contributed by atoms with van der Waals surface area (Å²) in [5, 5.41) is 0.827. The number of hydrogen-bond donors (Lipinski definition) is 0. The highest BCUT2D eigenvalue weighted by molar-refractivity contribution is 6.30. The third kappa shape index (κ3) is 3.24. The van der Waals surface area contributed by atoms with Gasteiger partial charge in [0.05, 0.1) is 0 Å². The lowest BCUT2D eigenvalue weighted by atomic mass is 9.93. The Kier molecular flexibility index (Phi) is 4.25. The molecule has 3 aliphatic rings. The molecule has 1 saturated carbocycles. The molecule has 22 heavy (non-hydrogen) atoms. The molecule has 118 valence electrons. The number of nitrogens with zero attached hydrogens (tertiary/aromatic N) is 2. The van der Waals surface area contributed by atoms with Gasteiger partial charge in [-0.3, -0.25) is 4.90 Å². The predicted molar refractivity (Wildman–Crippen MR) is 92.0 cm³/mol. The summed E-state index contributed by atoms with van der Waals surface area (Å²) in [6, 6.07) is 8.29. The third-order valence-electron chi connectivity index (χ3n) is 5.69. The topological polar surface area (TPSA) is 6.48 Å². The van der Waals surface area contributed by atoms with Gasteiger partial charge in [-0.15, -0.1) is 0 Å². The van der Waals surface area contributed by atoms with Gasteiger partial charge in [-0.2, -0.15) is 0 Å². The molecule has 2 fully saturated rings. The lowest BCUT2D eigenvalue weighted by Gasteiger charge is -2.37. The fraction of sp³-hybridized carbons (Fsp3) is 0.579. The standard InChI is InChI=1S/C19H25ClN2/c20-19-5-2-15(3-6-19)13-21-7-9-22(10-8-21)14-18-12-16-1-4-17(18)11-16/h1-6,16-18H,7-14H2. The van der Waals surface area contributed by atoms with Gasteiger partial charge in [0, 0.05) is 44.3 Å². The maximum atomic E-state index is 5.96. The Morgan fingerprint density at radius 2 is 1.64 bits per heavy atom. The minimum atomic E-state index is 0.827. The SMILES string of the molecule is Clc1ccc(CN2CCN(CC3CC4C=CC3C4)CC2)cc1. The maximum Gasteiger partial charge on any atom is 0.0406 e. The van der Waals surface area contributed by atoms with Crippen molar-refractivity contribution in [3.05, 3.63) is 47.0 Å². The summed E-state index contributed by atoms with van der Waals surface area (Å²) in [5.41, 5.74) is 1.37. The van der Waals surface area contributed by atoms with E-state index in [-0.39, 0.29) is 0 Å². The van der Waals surface area contributed by atoms with Crippen molar-refractivity contribution in [1.29, 1.82) is 0 Å². The second kappa shape index (κ2) is 6.35. The molecule has 1 aliphatic heterocycles. The van der Waals surface area contributed by atoms with E-state index < -0.39 is 0 Å². The summed E-state index contributed by atoms with van der Waals surface area (Å²) in [6.07, 6.45) is 7.80. The van der Waals surface area contributed by atoms with Gasteiger partial charge in [-0.1, -0.05) is 35.9 Å². The van der Waals surface area contributed by atoms with Crippen molar-refractivity contribution in [2.24, 2.45) is 17.8 Å². The molecule has 0 spiro atoms. The van der Waals surface area contributed by atoms with E-state index in [9.17, 15) is 0 Å². The van der Waals surface area contributed by atoms with E-state index in [2.05, 4.69) is 34.1 Å². The smallest absolute Gasteiger partial charge is 0.0406 e. The number of allylic oxidation sites excluding steroid dienone is 2. The number of hydrogen-bond acceptors (Lipinski definition) is 2. The van der Waals surface area contributed by atoms with Crippen LogP contribution < -0.4 is 0 Å². The zero-order valence-electron chi connectivity index (χ0n) is 13.1. The molecule has 1 aromatic rings. The van der Waals surface area contributed by atoms with Crippen molar-refractivity contribution in [1.82, 2.24) is 9.80 Å². The molecular formula is C19H25ClN2. The van der Waals surface area contributed by atoms with Crippen LogP contribution in [0.1, 0.15) is 18.4 Å². The summed E-state index contributed by atoms with van der Waals surface area (Å²) >= 11 is 5.96. The van der Waals surface area contributed by atoms with E-state index in [1.54, 1.807) is 0 Å². The fourth-order valence-electron chi connectivity index (χ4n) is 4.41. The second-order valence-corrected chi connectivity index (χ2v) is 7.68. The van der Waals surface area contributed by atoms with E-state index in [4.69, 9.17) is 11.6 Å². The van der Waals surface area contributed by atoms with Gasteiger partial charge in [0.1, 0.15) is 0 Å². The summed E-state index contributed by atoms with van der Waals surface area (Å²) < 4.78 is 0. The first-order valence-electron chi connectivity index (χ1n) is 8.64. The molecule has 1 aromatic carbocycles. The maximum absolute atomic E-state index is 5.96. The van der Waals surface area contributed by atoms with Gasteiger partial charge in [-0.05, 0) is 48.3 Å². The molecule has 2 bridgehead atoms. The highest BCUT2D eigenvalue weighted by atomic mass is 35.5. The summed E-state index contributed by atoms with van der Waals surface area (Å²) in [7, 11) is 0. The van der Waals surface area contributed by atoms with Gasteiger partial charge < -0.3 is 4.90 Å². The third-order valence-corrected chi connectivity index (χ3v) is 5.95. The molecule has 1 heterocycles. The highest BCUT2D eigenvalue weighted by Gasteiger charge is 2.36. The Labute approximate surface area is 138 Å². The van der Waals surface area contributed by atoms with E-state index in [0.29, 0.717) is 0 Å². The molecule has 1 saturated heterocycles. The molecule has 2 nitrogen and oxygen atoms in total. The molecule has 4 rings (SSSR count). The Hall–Kier alpha value is -0.830. The minimum Gasteiger partial charge on any atom is -0.300 e. The van der Waals surface area contributed by atoms with Crippen LogP contribution >= 0.6 is 11.6 Å². The van der Waals surface area contributed by atoms with E-state index in [1.807, 2.05) is 12.1 Å². The molecule has 0 amide bonds. The number of piperazine rings is 1.